The van der Waals surface area contributed by atoms with Crippen LogP contribution in [0.1, 0.15) is 5.56 Å². The number of hydrogen-bond donors (Lipinski definition) is 1. The highest BCUT2D eigenvalue weighted by atomic mass is 16.5. The Bertz CT molecular complexity index is 803. The molecule has 2 heterocycles. The van der Waals surface area contributed by atoms with Gasteiger partial charge >= 0.3 is 0 Å². The molecular weight excluding hydrogens is 274 g/mol. The number of nitrogens with zero attached hydrogens (tertiary/aromatic N) is 2. The summed E-state index contributed by atoms with van der Waals surface area (Å²) >= 11 is 0. The highest BCUT2D eigenvalue weighted by molar-refractivity contribution is 5.75. The first kappa shape index (κ1) is 13.1. The molecule has 0 radical (unpaired) electrons. The van der Waals surface area contributed by atoms with Crippen molar-refractivity contribution in [2.24, 2.45) is 5.92 Å². The first-order chi connectivity index (χ1) is 10.9. The number of anilines is 1. The molecule has 0 amide bonds. The Morgan fingerprint density at radius 3 is 2.82 bits per heavy atom. The number of hydrogen-bond acceptors (Lipinski definition) is 4. The summed E-state index contributed by atoms with van der Waals surface area (Å²) in [6.07, 6.45) is 2.82. The van der Waals surface area contributed by atoms with Gasteiger partial charge in [-0.1, -0.05) is 30.3 Å². The van der Waals surface area contributed by atoms with E-state index < -0.39 is 0 Å². The molecule has 0 spiro atoms. The fraction of sp³-hybridized carbons (Fsp3) is 0.222. The fourth-order valence-corrected chi connectivity index (χ4v) is 2.81. The minimum absolute atomic E-state index is 0.447. The lowest BCUT2D eigenvalue weighted by atomic mass is 9.97. The molecule has 1 aliphatic heterocycles. The van der Waals surface area contributed by atoms with Gasteiger partial charge in [-0.2, -0.15) is 0 Å². The van der Waals surface area contributed by atoms with Crippen LogP contribution in [-0.4, -0.2) is 23.1 Å². The van der Waals surface area contributed by atoms with Crippen molar-refractivity contribution in [3.8, 4) is 5.75 Å². The lowest BCUT2D eigenvalue weighted by Gasteiger charge is -2.25. The molecule has 0 fully saturated rings. The molecule has 0 saturated heterocycles. The molecule has 1 N–H and O–H groups in total. The predicted octanol–water partition coefficient (Wildman–Crippen LogP) is 3.29. The molecule has 1 aromatic heterocycles. The zero-order valence-corrected chi connectivity index (χ0v) is 12.2. The van der Waals surface area contributed by atoms with E-state index in [1.54, 1.807) is 6.20 Å². The highest BCUT2D eigenvalue weighted by Gasteiger charge is 2.19. The number of benzene rings is 2. The Labute approximate surface area is 129 Å². The van der Waals surface area contributed by atoms with Crippen LogP contribution in [-0.2, 0) is 6.42 Å². The van der Waals surface area contributed by atoms with Gasteiger partial charge in [0.15, 0.2) is 0 Å². The van der Waals surface area contributed by atoms with E-state index >= 15 is 0 Å². The van der Waals surface area contributed by atoms with Gasteiger partial charge in [0.1, 0.15) is 11.6 Å². The van der Waals surface area contributed by atoms with Gasteiger partial charge in [-0.05, 0) is 30.2 Å². The van der Waals surface area contributed by atoms with Crippen molar-refractivity contribution in [1.29, 1.82) is 0 Å². The summed E-state index contributed by atoms with van der Waals surface area (Å²) in [5.41, 5.74) is 3.12. The van der Waals surface area contributed by atoms with Crippen LogP contribution in [0.4, 0.5) is 5.82 Å². The second-order valence-corrected chi connectivity index (χ2v) is 5.61. The zero-order chi connectivity index (χ0) is 14.8. The first-order valence-electron chi connectivity index (χ1n) is 7.55. The van der Waals surface area contributed by atoms with E-state index in [-0.39, 0.29) is 0 Å². The molecule has 0 aliphatic carbocycles. The number of ether oxygens (including phenoxy) is 1. The predicted molar refractivity (Wildman–Crippen MR) is 87.2 cm³/mol. The van der Waals surface area contributed by atoms with Crippen LogP contribution in [0.5, 0.6) is 5.75 Å². The van der Waals surface area contributed by atoms with Crippen molar-refractivity contribution in [3.63, 3.8) is 0 Å². The normalized spacial score (nSPS) is 16.8. The second-order valence-electron chi connectivity index (χ2n) is 5.61. The van der Waals surface area contributed by atoms with Gasteiger partial charge in [-0.15, -0.1) is 0 Å². The smallest absolute Gasteiger partial charge is 0.145 e. The standard InChI is InChI=1S/C18H17N3O/c1-4-8-17-14(5-1)9-13(12-22-17)10-20-18-11-19-15-6-2-3-7-16(15)21-18/h1-8,11,13H,9-10,12H2,(H,20,21). The van der Waals surface area contributed by atoms with Crippen LogP contribution in [0.15, 0.2) is 54.7 Å². The minimum atomic E-state index is 0.447. The molecule has 1 unspecified atom stereocenters. The van der Waals surface area contributed by atoms with Crippen molar-refractivity contribution in [2.45, 2.75) is 6.42 Å². The molecule has 4 heteroatoms. The highest BCUT2D eigenvalue weighted by Crippen LogP contribution is 2.26. The maximum atomic E-state index is 5.82. The quantitative estimate of drug-likeness (QED) is 0.804. The van der Waals surface area contributed by atoms with E-state index in [1.807, 2.05) is 36.4 Å². The summed E-state index contributed by atoms with van der Waals surface area (Å²) in [7, 11) is 0. The third kappa shape index (κ3) is 2.60. The average Bonchev–Trinajstić information content (AvgIpc) is 2.59. The number of fused-ring (bicyclic) bond motifs is 2. The van der Waals surface area contributed by atoms with E-state index in [4.69, 9.17) is 4.74 Å². The third-order valence-electron chi connectivity index (χ3n) is 3.98. The van der Waals surface area contributed by atoms with Gasteiger partial charge in [-0.3, -0.25) is 4.98 Å². The largest absolute Gasteiger partial charge is 0.493 e. The number of nitrogens with one attached hydrogen (secondary N) is 1. The monoisotopic (exact) mass is 291 g/mol. The molecule has 2 aromatic carbocycles. The maximum Gasteiger partial charge on any atom is 0.145 e. The van der Waals surface area contributed by atoms with Crippen LogP contribution in [0.2, 0.25) is 0 Å². The van der Waals surface area contributed by atoms with Crippen LogP contribution in [0, 0.1) is 5.92 Å². The Morgan fingerprint density at radius 1 is 1.05 bits per heavy atom. The fourth-order valence-electron chi connectivity index (χ4n) is 2.81. The minimum Gasteiger partial charge on any atom is -0.493 e. The third-order valence-corrected chi connectivity index (χ3v) is 3.98. The molecule has 0 bridgehead atoms. The van der Waals surface area contributed by atoms with Gasteiger partial charge in [0.05, 0.1) is 23.8 Å². The van der Waals surface area contributed by atoms with Gasteiger partial charge in [-0.25, -0.2) is 4.98 Å². The van der Waals surface area contributed by atoms with Crippen LogP contribution in [0.3, 0.4) is 0 Å². The molecule has 4 rings (SSSR count). The molecule has 1 aliphatic rings. The van der Waals surface area contributed by atoms with E-state index in [9.17, 15) is 0 Å². The maximum absolute atomic E-state index is 5.82. The number of rotatable bonds is 3. The van der Waals surface area contributed by atoms with Crippen LogP contribution in [0.25, 0.3) is 11.0 Å². The zero-order valence-electron chi connectivity index (χ0n) is 12.2. The van der Waals surface area contributed by atoms with E-state index in [0.29, 0.717) is 5.92 Å². The Kier molecular flexibility index (Phi) is 3.35. The summed E-state index contributed by atoms with van der Waals surface area (Å²) in [6, 6.07) is 16.2. The van der Waals surface area contributed by atoms with Crippen molar-refractivity contribution in [1.82, 2.24) is 9.97 Å². The van der Waals surface area contributed by atoms with Gasteiger partial charge in [0, 0.05) is 12.5 Å². The van der Waals surface area contributed by atoms with Crippen molar-refractivity contribution in [2.75, 3.05) is 18.5 Å². The number of para-hydroxylation sites is 3. The molecular formula is C18H17N3O. The van der Waals surface area contributed by atoms with Crippen LogP contribution < -0.4 is 10.1 Å². The number of aromatic nitrogens is 2. The lowest BCUT2D eigenvalue weighted by molar-refractivity contribution is 0.229. The van der Waals surface area contributed by atoms with E-state index in [1.165, 1.54) is 5.56 Å². The Hall–Kier alpha value is -2.62. The molecule has 3 aromatic rings. The Morgan fingerprint density at radius 2 is 1.86 bits per heavy atom. The van der Waals surface area contributed by atoms with Crippen molar-refractivity contribution < 1.29 is 4.74 Å². The summed E-state index contributed by atoms with van der Waals surface area (Å²) in [5, 5.41) is 3.38. The van der Waals surface area contributed by atoms with Crippen LogP contribution >= 0.6 is 0 Å². The Balaban J connectivity index is 1.44. The lowest BCUT2D eigenvalue weighted by Crippen LogP contribution is -2.27. The first-order valence-corrected chi connectivity index (χ1v) is 7.55. The molecule has 4 nitrogen and oxygen atoms in total. The summed E-state index contributed by atoms with van der Waals surface area (Å²) in [4.78, 5) is 9.01. The van der Waals surface area contributed by atoms with Crippen molar-refractivity contribution >= 4 is 16.9 Å². The van der Waals surface area contributed by atoms with Gasteiger partial charge in [0.2, 0.25) is 0 Å². The summed E-state index contributed by atoms with van der Waals surface area (Å²) in [6.45, 7) is 1.58. The molecule has 22 heavy (non-hydrogen) atoms. The second kappa shape index (κ2) is 5.64. The summed E-state index contributed by atoms with van der Waals surface area (Å²) < 4.78 is 5.82. The summed E-state index contributed by atoms with van der Waals surface area (Å²) in [5.74, 6) is 2.28. The van der Waals surface area contributed by atoms with Gasteiger partial charge in [0.25, 0.3) is 0 Å². The average molecular weight is 291 g/mol. The topological polar surface area (TPSA) is 47.0 Å². The molecule has 110 valence electrons. The van der Waals surface area contributed by atoms with E-state index in [0.717, 1.165) is 42.2 Å². The van der Waals surface area contributed by atoms with Crippen molar-refractivity contribution in [3.05, 3.63) is 60.3 Å². The van der Waals surface area contributed by atoms with Gasteiger partial charge < -0.3 is 10.1 Å². The molecule has 0 saturated carbocycles. The molecule has 1 atom stereocenters. The SMILES string of the molecule is c1ccc2c(c1)CC(CNc1cnc3ccccc3n1)CO2. The van der Waals surface area contributed by atoms with E-state index in [2.05, 4.69) is 27.4 Å².